The van der Waals surface area contributed by atoms with Crippen molar-refractivity contribution in [3.05, 3.63) is 0 Å². The molecule has 0 aromatic carbocycles. The Morgan fingerprint density at radius 2 is 1.00 bits per heavy atom. The van der Waals surface area contributed by atoms with E-state index in [1.54, 1.807) is 0 Å². The molecule has 4 heavy (non-hydrogen) atoms. The van der Waals surface area contributed by atoms with E-state index < -0.39 is 0 Å². The molecule has 0 unspecified atom stereocenters. The van der Waals surface area contributed by atoms with Crippen LogP contribution in [-0.2, 0) is 59.8 Å². The van der Waals surface area contributed by atoms with E-state index in [1.165, 1.54) is 0 Å². The van der Waals surface area contributed by atoms with Gasteiger partial charge >= 0.3 is 18.9 Å². The zero-order chi connectivity index (χ0) is 0. The van der Waals surface area contributed by atoms with Crippen molar-refractivity contribution < 1.29 is 59.8 Å². The molecule has 24 valence electrons. The third kappa shape index (κ3) is 8.82. The standard InChI is InChI=1S/Fe.Li.Ni.Zr.H. The van der Waals surface area contributed by atoms with Crippen molar-refractivity contribution in [1.29, 1.82) is 0 Å². The summed E-state index contributed by atoms with van der Waals surface area (Å²) in [7, 11) is 0. The first-order valence-electron chi connectivity index (χ1n) is 0. The summed E-state index contributed by atoms with van der Waals surface area (Å²) in [5.74, 6) is 0. The van der Waals surface area contributed by atoms with Crippen LogP contribution in [0.25, 0.3) is 0 Å². The fourth-order valence-electron chi connectivity index (χ4n) is 0. The Labute approximate surface area is 77.6 Å². The number of hydrogen-bond acceptors (Lipinski definition) is 0. The van der Waals surface area contributed by atoms with Crippen LogP contribution < -0.4 is 0 Å². The molecule has 0 saturated carbocycles. The maximum Gasteiger partial charge on any atom is 0 e. The van der Waals surface area contributed by atoms with Crippen molar-refractivity contribution in [3.8, 4) is 0 Å². The molecule has 0 bridgehead atoms. The molecule has 0 heterocycles. The third-order valence-corrected chi connectivity index (χ3v) is 0. The quantitative estimate of drug-likeness (QED) is 0.469. The molecule has 0 aromatic rings. The van der Waals surface area contributed by atoms with Crippen LogP contribution in [0, 0.1) is 0 Å². The van der Waals surface area contributed by atoms with Gasteiger partial charge in [0.05, 0.1) is 0 Å². The van der Waals surface area contributed by atoms with Gasteiger partial charge in [-0.05, 0) is 0 Å². The molecule has 0 spiro atoms. The van der Waals surface area contributed by atoms with Crippen LogP contribution in [0.15, 0.2) is 0 Å². The maximum atomic E-state index is 0. The predicted octanol–water partition coefficient (Wildman–Crippen LogP) is -0.656. The normalized spacial score (nSPS) is 0. The minimum atomic E-state index is 0. The Morgan fingerprint density at radius 3 is 1.00 bits per heavy atom. The zero-order valence-electron chi connectivity index (χ0n) is 1.17. The van der Waals surface area contributed by atoms with Crippen molar-refractivity contribution in [2.45, 2.75) is 0 Å². The fourth-order valence-corrected chi connectivity index (χ4v) is 0. The van der Waals surface area contributed by atoms with E-state index in [2.05, 4.69) is 0 Å². The molecule has 0 aliphatic carbocycles. The summed E-state index contributed by atoms with van der Waals surface area (Å²) in [5.41, 5.74) is 0. The second kappa shape index (κ2) is 17.8. The average molecular weight is 214 g/mol. The Balaban J connectivity index is 0. The van der Waals surface area contributed by atoms with Crippen molar-refractivity contribution in [2.24, 2.45) is 0 Å². The molecule has 0 rings (SSSR count). The smallest absolute Gasteiger partial charge is 0 e. The minimum absolute atomic E-state index is 0. The number of hydrogen-bond donors (Lipinski definition) is 0. The van der Waals surface area contributed by atoms with Crippen molar-refractivity contribution in [3.63, 3.8) is 0 Å². The summed E-state index contributed by atoms with van der Waals surface area (Å²) in [6.45, 7) is 0. The maximum absolute atomic E-state index is 0. The van der Waals surface area contributed by atoms with Gasteiger partial charge in [-0.3, -0.25) is 0 Å². The van der Waals surface area contributed by atoms with Gasteiger partial charge in [-0.25, -0.2) is 0 Å². The second-order valence-electron chi connectivity index (χ2n) is 0. The van der Waals surface area contributed by atoms with Crippen LogP contribution in [0.3, 0.4) is 0 Å². The Hall–Kier alpha value is 2.49. The molecular weight excluding hydrogens is 213 g/mol. The van der Waals surface area contributed by atoms with Gasteiger partial charge in [-0.2, -0.15) is 0 Å². The van der Waals surface area contributed by atoms with E-state index in [4.69, 9.17) is 0 Å². The van der Waals surface area contributed by atoms with Crippen molar-refractivity contribution >= 4 is 18.9 Å². The molecule has 0 aliphatic rings. The first kappa shape index (κ1) is 31.5. The first-order valence-corrected chi connectivity index (χ1v) is 0. The van der Waals surface area contributed by atoms with E-state index in [-0.39, 0.29) is 78.6 Å². The summed E-state index contributed by atoms with van der Waals surface area (Å²) in [4.78, 5) is 0. The molecule has 0 nitrogen and oxygen atoms in total. The first-order chi connectivity index (χ1) is 0. The molecule has 4 heteroatoms. The van der Waals surface area contributed by atoms with Gasteiger partial charge in [0.15, 0.2) is 0 Å². The molecule has 0 amide bonds. The van der Waals surface area contributed by atoms with Crippen LogP contribution in [0.2, 0.25) is 0 Å². The van der Waals surface area contributed by atoms with Crippen molar-refractivity contribution in [2.75, 3.05) is 0 Å². The zero-order valence-corrected chi connectivity index (χ0v) is 5.72. The molecule has 0 aromatic heterocycles. The van der Waals surface area contributed by atoms with E-state index in [1.807, 2.05) is 0 Å². The molecule has 0 atom stereocenters. The molecule has 0 fully saturated rings. The monoisotopic (exact) mass is 212 g/mol. The van der Waals surface area contributed by atoms with Crippen LogP contribution in [0.4, 0.5) is 0 Å². The molecular formula is HFeLiNiZr. The van der Waals surface area contributed by atoms with Crippen LogP contribution in [-0.4, -0.2) is 18.9 Å². The largest absolute Gasteiger partial charge is 0 e. The second-order valence-corrected chi connectivity index (χ2v) is 0. The van der Waals surface area contributed by atoms with Gasteiger partial charge in [-0.1, -0.05) is 0 Å². The SMILES string of the molecule is [Fe].[LiH].[Ni].[Zr]. The van der Waals surface area contributed by atoms with Gasteiger partial charge in [0.2, 0.25) is 0 Å². The minimum Gasteiger partial charge on any atom is 0 e. The third-order valence-electron chi connectivity index (χ3n) is 0. The Morgan fingerprint density at radius 1 is 1.00 bits per heavy atom. The average Bonchev–Trinajstić information content (AvgIpc) is 0. The van der Waals surface area contributed by atoms with E-state index in [0.717, 1.165) is 0 Å². The fraction of sp³-hybridized carbons (Fsp3) is 0. The van der Waals surface area contributed by atoms with E-state index in [9.17, 15) is 0 Å². The van der Waals surface area contributed by atoms with Gasteiger partial charge in [-0.15, -0.1) is 0 Å². The molecule has 0 saturated heterocycles. The molecule has 0 radical (unpaired) electrons. The van der Waals surface area contributed by atoms with Gasteiger partial charge < -0.3 is 0 Å². The van der Waals surface area contributed by atoms with Crippen molar-refractivity contribution in [1.82, 2.24) is 0 Å². The summed E-state index contributed by atoms with van der Waals surface area (Å²) in [5, 5.41) is 0. The van der Waals surface area contributed by atoms with E-state index in [0.29, 0.717) is 0 Å². The van der Waals surface area contributed by atoms with Crippen LogP contribution in [0.5, 0.6) is 0 Å². The molecule has 0 aliphatic heterocycles. The summed E-state index contributed by atoms with van der Waals surface area (Å²) in [6, 6.07) is 0. The van der Waals surface area contributed by atoms with Gasteiger partial charge in [0, 0.05) is 59.8 Å². The van der Waals surface area contributed by atoms with E-state index >= 15 is 0 Å². The Kier molecular flexibility index (Phi) is 141. The summed E-state index contributed by atoms with van der Waals surface area (Å²) in [6.07, 6.45) is 0. The predicted molar refractivity (Wildman–Crippen MR) is 7.15 cm³/mol. The molecule has 0 N–H and O–H groups in total. The summed E-state index contributed by atoms with van der Waals surface area (Å²) < 4.78 is 0. The van der Waals surface area contributed by atoms with Crippen LogP contribution in [0.1, 0.15) is 0 Å². The summed E-state index contributed by atoms with van der Waals surface area (Å²) >= 11 is 0. The Bertz CT molecular complexity index is 8.00. The topological polar surface area (TPSA) is 0 Å². The van der Waals surface area contributed by atoms with Gasteiger partial charge in [0.1, 0.15) is 0 Å². The van der Waals surface area contributed by atoms with Crippen LogP contribution >= 0.6 is 0 Å². The number of rotatable bonds is 0. The van der Waals surface area contributed by atoms with Gasteiger partial charge in [0.25, 0.3) is 0 Å².